The maximum absolute atomic E-state index is 13.0. The van der Waals surface area contributed by atoms with E-state index in [4.69, 9.17) is 9.47 Å². The molecule has 2 aromatic rings. The number of fused-ring (bicyclic) bond motifs is 1. The summed E-state index contributed by atoms with van der Waals surface area (Å²) < 4.78 is 11.9. The Hall–Kier alpha value is -2.17. The van der Waals surface area contributed by atoms with Gasteiger partial charge < -0.3 is 9.47 Å². The first kappa shape index (κ1) is 19.8. The molecule has 2 aromatic carbocycles. The van der Waals surface area contributed by atoms with Gasteiger partial charge in [0.05, 0.1) is 18.2 Å². The Bertz CT molecular complexity index is 973. The van der Waals surface area contributed by atoms with Crippen LogP contribution in [0.15, 0.2) is 42.5 Å². The summed E-state index contributed by atoms with van der Waals surface area (Å²) in [5.74, 6) is 1.38. The molecule has 0 spiro atoms. The summed E-state index contributed by atoms with van der Waals surface area (Å²) in [6, 6.07) is 13.2. The van der Waals surface area contributed by atoms with Gasteiger partial charge in [0.15, 0.2) is 11.5 Å². The number of nitrogens with zero attached hydrogens (tertiary/aromatic N) is 3. The van der Waals surface area contributed by atoms with Gasteiger partial charge in [0.25, 0.3) is 5.91 Å². The van der Waals surface area contributed by atoms with Crippen LogP contribution in [-0.2, 0) is 16.1 Å². The second-order valence-electron chi connectivity index (χ2n) is 7.76. The lowest BCUT2D eigenvalue weighted by Crippen LogP contribution is -2.52. The molecule has 30 heavy (non-hydrogen) atoms. The maximum Gasteiger partial charge on any atom is 0.251 e. The molecule has 0 N–H and O–H groups in total. The normalized spacial score (nSPS) is 22.2. The van der Waals surface area contributed by atoms with Gasteiger partial charge in [-0.2, -0.15) is 0 Å². The third kappa shape index (κ3) is 3.79. The molecule has 0 radical (unpaired) electrons. The highest BCUT2D eigenvalue weighted by Crippen LogP contribution is 2.33. The molecular weight excluding hydrogens is 497 g/mol. The number of imide groups is 1. The largest absolute Gasteiger partial charge is 0.454 e. The average molecular weight is 519 g/mol. The third-order valence-electron chi connectivity index (χ3n) is 5.90. The second kappa shape index (κ2) is 8.16. The smallest absolute Gasteiger partial charge is 0.251 e. The molecule has 0 aromatic heterocycles. The van der Waals surface area contributed by atoms with Crippen molar-refractivity contribution in [1.82, 2.24) is 9.80 Å². The zero-order chi connectivity index (χ0) is 20.7. The zero-order valence-corrected chi connectivity index (χ0v) is 18.6. The number of amides is 2. The van der Waals surface area contributed by atoms with Crippen molar-refractivity contribution in [3.05, 3.63) is 51.6 Å². The van der Waals surface area contributed by atoms with Gasteiger partial charge in [0.2, 0.25) is 12.7 Å². The van der Waals surface area contributed by atoms with E-state index in [2.05, 4.69) is 38.5 Å². The van der Waals surface area contributed by atoms with Crippen molar-refractivity contribution in [3.8, 4) is 11.5 Å². The summed E-state index contributed by atoms with van der Waals surface area (Å²) in [4.78, 5) is 31.4. The molecule has 0 aliphatic carbocycles. The zero-order valence-electron chi connectivity index (χ0n) is 16.4. The highest BCUT2D eigenvalue weighted by molar-refractivity contribution is 14.1. The van der Waals surface area contributed by atoms with Crippen LogP contribution in [-0.4, -0.2) is 60.6 Å². The number of carbonyl (C=O) groups excluding carboxylic acids is 2. The summed E-state index contributed by atoms with van der Waals surface area (Å²) in [7, 11) is 0. The molecule has 0 unspecified atom stereocenters. The first-order chi connectivity index (χ1) is 14.6. The fourth-order valence-electron chi connectivity index (χ4n) is 4.29. The molecule has 2 saturated heterocycles. The van der Waals surface area contributed by atoms with Crippen molar-refractivity contribution in [1.29, 1.82) is 0 Å². The van der Waals surface area contributed by atoms with E-state index in [-0.39, 0.29) is 31.1 Å². The van der Waals surface area contributed by atoms with Crippen molar-refractivity contribution in [2.45, 2.75) is 19.0 Å². The van der Waals surface area contributed by atoms with Crippen LogP contribution in [0.2, 0.25) is 0 Å². The Morgan fingerprint density at radius 3 is 2.43 bits per heavy atom. The Morgan fingerprint density at radius 2 is 1.67 bits per heavy atom. The highest BCUT2D eigenvalue weighted by Gasteiger charge is 2.43. The van der Waals surface area contributed by atoms with Gasteiger partial charge in [-0.25, -0.2) is 4.90 Å². The summed E-state index contributed by atoms with van der Waals surface area (Å²) in [6.45, 7) is 4.37. The predicted molar refractivity (Wildman–Crippen MR) is 119 cm³/mol. The second-order valence-corrected chi connectivity index (χ2v) is 9.01. The third-order valence-corrected chi connectivity index (χ3v) is 6.62. The molecule has 3 aliphatic heterocycles. The van der Waals surface area contributed by atoms with E-state index >= 15 is 0 Å². The number of anilines is 1. The van der Waals surface area contributed by atoms with E-state index in [1.807, 2.05) is 36.4 Å². The Kier molecular flexibility index (Phi) is 5.38. The average Bonchev–Trinajstić information content (AvgIpc) is 3.33. The molecule has 7 nitrogen and oxygen atoms in total. The van der Waals surface area contributed by atoms with E-state index in [0.717, 1.165) is 47.8 Å². The first-order valence-electron chi connectivity index (χ1n) is 10.1. The number of piperazine rings is 1. The molecule has 1 atom stereocenters. The van der Waals surface area contributed by atoms with Gasteiger partial charge in [-0.15, -0.1) is 0 Å². The van der Waals surface area contributed by atoms with E-state index in [0.29, 0.717) is 5.69 Å². The topological polar surface area (TPSA) is 62.3 Å². The molecule has 2 amide bonds. The molecular formula is C22H22IN3O4. The minimum absolute atomic E-state index is 0.106. The fraction of sp³-hybridized carbons (Fsp3) is 0.364. The van der Waals surface area contributed by atoms with E-state index in [1.165, 1.54) is 10.5 Å². The van der Waals surface area contributed by atoms with Crippen molar-refractivity contribution < 1.29 is 19.1 Å². The molecule has 8 heteroatoms. The van der Waals surface area contributed by atoms with Gasteiger partial charge >= 0.3 is 0 Å². The van der Waals surface area contributed by atoms with E-state index < -0.39 is 0 Å². The number of hydrogen-bond acceptors (Lipinski definition) is 6. The number of hydrogen-bond donors (Lipinski definition) is 0. The molecule has 0 bridgehead atoms. The molecule has 2 fully saturated rings. The van der Waals surface area contributed by atoms with E-state index in [1.54, 1.807) is 0 Å². The molecule has 5 rings (SSSR count). The summed E-state index contributed by atoms with van der Waals surface area (Å²) in [6.07, 6.45) is 0.257. The lowest BCUT2D eigenvalue weighted by molar-refractivity contribution is -0.123. The van der Waals surface area contributed by atoms with Crippen molar-refractivity contribution >= 4 is 40.1 Å². The van der Waals surface area contributed by atoms with Gasteiger partial charge in [0.1, 0.15) is 0 Å². The van der Waals surface area contributed by atoms with Gasteiger partial charge in [0, 0.05) is 36.3 Å². The molecule has 0 saturated carbocycles. The summed E-state index contributed by atoms with van der Waals surface area (Å²) in [5, 5.41) is 0. The Morgan fingerprint density at radius 1 is 0.933 bits per heavy atom. The number of benzene rings is 2. The minimum Gasteiger partial charge on any atom is -0.454 e. The number of ether oxygens (including phenoxy) is 2. The van der Waals surface area contributed by atoms with Crippen LogP contribution < -0.4 is 14.4 Å². The van der Waals surface area contributed by atoms with Crippen molar-refractivity contribution in [3.63, 3.8) is 0 Å². The van der Waals surface area contributed by atoms with Gasteiger partial charge in [-0.05, 0) is 64.6 Å². The van der Waals surface area contributed by atoms with Crippen LogP contribution >= 0.6 is 22.6 Å². The van der Waals surface area contributed by atoms with Crippen LogP contribution in [0.1, 0.15) is 12.0 Å². The molecule has 3 heterocycles. The number of halogens is 1. The minimum atomic E-state index is -0.357. The van der Waals surface area contributed by atoms with Crippen molar-refractivity contribution in [2.75, 3.05) is 37.9 Å². The SMILES string of the molecule is O=C1C[C@@H](N2CCN(Cc3ccc4c(c3)OCO4)CC2)C(=O)N1c1ccc(I)cc1. The van der Waals surface area contributed by atoms with Gasteiger partial charge in [-0.1, -0.05) is 6.07 Å². The van der Waals surface area contributed by atoms with Crippen LogP contribution in [0.4, 0.5) is 5.69 Å². The lowest BCUT2D eigenvalue weighted by atomic mass is 10.1. The van der Waals surface area contributed by atoms with Crippen LogP contribution in [0, 0.1) is 3.57 Å². The standard InChI is InChI=1S/C22H22IN3O4/c23-16-2-4-17(5-3-16)26-21(27)12-18(22(26)28)25-9-7-24(8-10-25)13-15-1-6-19-20(11-15)30-14-29-19/h1-6,11,18H,7-10,12-14H2/t18-/m1/s1. The van der Waals surface area contributed by atoms with Crippen LogP contribution in [0.5, 0.6) is 11.5 Å². The van der Waals surface area contributed by atoms with Crippen molar-refractivity contribution in [2.24, 2.45) is 0 Å². The summed E-state index contributed by atoms with van der Waals surface area (Å²) in [5.41, 5.74) is 1.85. The highest BCUT2D eigenvalue weighted by atomic mass is 127. The molecule has 3 aliphatic rings. The monoisotopic (exact) mass is 519 g/mol. The summed E-state index contributed by atoms with van der Waals surface area (Å²) >= 11 is 2.21. The van der Waals surface area contributed by atoms with Gasteiger partial charge in [-0.3, -0.25) is 19.4 Å². The van der Waals surface area contributed by atoms with Crippen LogP contribution in [0.3, 0.4) is 0 Å². The predicted octanol–water partition coefficient (Wildman–Crippen LogP) is 2.47. The number of carbonyl (C=O) groups is 2. The Labute approximate surface area is 188 Å². The first-order valence-corrected chi connectivity index (χ1v) is 11.1. The fourth-order valence-corrected chi connectivity index (χ4v) is 4.65. The lowest BCUT2D eigenvalue weighted by Gasteiger charge is -2.37. The van der Waals surface area contributed by atoms with Crippen LogP contribution in [0.25, 0.3) is 0 Å². The quantitative estimate of drug-likeness (QED) is 0.457. The van der Waals surface area contributed by atoms with E-state index in [9.17, 15) is 9.59 Å². The number of rotatable bonds is 4. The molecule has 156 valence electrons. The Balaban J connectivity index is 1.20. The maximum atomic E-state index is 13.0.